The largest absolute Gasteiger partial charge is 0.315 e. The van der Waals surface area contributed by atoms with Gasteiger partial charge in [0, 0.05) is 0 Å². The topological polar surface area (TPSA) is 91.7 Å². The van der Waals surface area contributed by atoms with Crippen LogP contribution in [0.5, 0.6) is 0 Å². The molecule has 16 heavy (non-hydrogen) atoms. The molecule has 0 heterocycles. The van der Waals surface area contributed by atoms with Crippen LogP contribution in [-0.2, 0) is 4.79 Å². The first-order valence-corrected chi connectivity index (χ1v) is 5.06. The zero-order valence-electron chi connectivity index (χ0n) is 9.53. The third-order valence-corrected chi connectivity index (χ3v) is 2.64. The minimum Gasteiger partial charge on any atom is -0.315 e. The summed E-state index contributed by atoms with van der Waals surface area (Å²) in [5.41, 5.74) is -1.10. The Hall–Kier alpha value is -2.06. The minimum absolute atomic E-state index is 0.157. The van der Waals surface area contributed by atoms with Crippen LogP contribution in [0, 0.1) is 39.4 Å². The first-order chi connectivity index (χ1) is 7.61. The summed E-state index contributed by atoms with van der Waals surface area (Å²) >= 11 is 0. The molecule has 1 amide bonds. The third kappa shape index (κ3) is 2.72. The normalized spacial score (nSPS) is 9.69. The van der Waals surface area contributed by atoms with E-state index in [0.29, 0.717) is 12.8 Å². The monoisotopic (exact) mass is 218 g/mol. The van der Waals surface area contributed by atoms with E-state index in [-0.39, 0.29) is 13.1 Å². The number of amides is 1. The predicted octanol–water partition coefficient (Wildman–Crippen LogP) is 1.19. The Morgan fingerprint density at radius 1 is 1.12 bits per heavy atom. The molecule has 0 aromatic heterocycles. The number of hydrogen-bond acceptors (Lipinski definition) is 4. The molecule has 0 atom stereocenters. The van der Waals surface area contributed by atoms with Crippen molar-refractivity contribution >= 4 is 5.91 Å². The molecule has 0 aromatic carbocycles. The second-order valence-corrected chi connectivity index (χ2v) is 3.38. The van der Waals surface area contributed by atoms with Gasteiger partial charge in [0.05, 0.1) is 18.2 Å². The van der Waals surface area contributed by atoms with Crippen LogP contribution in [0.2, 0.25) is 0 Å². The molecular weight excluding hydrogens is 204 g/mol. The fourth-order valence-corrected chi connectivity index (χ4v) is 1.43. The minimum atomic E-state index is -1.10. The highest BCUT2D eigenvalue weighted by Crippen LogP contribution is 2.27. The van der Waals surface area contributed by atoms with Gasteiger partial charge in [-0.05, 0) is 12.8 Å². The van der Waals surface area contributed by atoms with Gasteiger partial charge in [-0.2, -0.15) is 15.8 Å². The van der Waals surface area contributed by atoms with Crippen molar-refractivity contribution < 1.29 is 4.79 Å². The molecule has 0 saturated carbocycles. The summed E-state index contributed by atoms with van der Waals surface area (Å²) in [6, 6.07) is 5.65. The van der Waals surface area contributed by atoms with Crippen LogP contribution in [-0.4, -0.2) is 23.9 Å². The second kappa shape index (κ2) is 6.43. The lowest BCUT2D eigenvalue weighted by molar-refractivity contribution is -0.138. The zero-order valence-corrected chi connectivity index (χ0v) is 9.53. The van der Waals surface area contributed by atoms with Crippen molar-refractivity contribution in [1.29, 1.82) is 15.8 Å². The Balaban J connectivity index is 5.06. The van der Waals surface area contributed by atoms with Crippen LogP contribution >= 0.6 is 0 Å². The summed E-state index contributed by atoms with van der Waals surface area (Å²) in [5, 5.41) is 26.2. The number of hydrogen-bond donors (Lipinski definition) is 0. The van der Waals surface area contributed by atoms with Crippen LogP contribution in [0.3, 0.4) is 0 Å². The van der Waals surface area contributed by atoms with Gasteiger partial charge < -0.3 is 4.90 Å². The van der Waals surface area contributed by atoms with E-state index in [1.807, 2.05) is 18.2 Å². The molecule has 0 unspecified atom stereocenters. The second-order valence-electron chi connectivity index (χ2n) is 3.38. The summed E-state index contributed by atoms with van der Waals surface area (Å²) in [6.45, 7) is 3.19. The number of nitrogens with zero attached hydrogens (tertiary/aromatic N) is 4. The summed E-state index contributed by atoms with van der Waals surface area (Å²) in [5.74, 6) is -0.428. The number of carbonyl (C=O) groups is 1. The van der Waals surface area contributed by atoms with Gasteiger partial charge in [-0.25, -0.2) is 0 Å². The van der Waals surface area contributed by atoms with E-state index in [0.717, 1.165) is 4.90 Å². The highest BCUT2D eigenvalue weighted by Gasteiger charge is 2.38. The highest BCUT2D eigenvalue weighted by molar-refractivity contribution is 5.85. The van der Waals surface area contributed by atoms with Crippen LogP contribution in [0.15, 0.2) is 0 Å². The standard InChI is InChI=1S/C11H14N4O/c1-3-11(4-2,9-14)10(16)15(7-5-12)8-6-13/h3-4,7-8H2,1-2H3. The van der Waals surface area contributed by atoms with Gasteiger partial charge in [0.1, 0.15) is 18.5 Å². The SMILES string of the molecule is CCC(C#N)(CC)C(=O)N(CC#N)CC#N. The molecule has 84 valence electrons. The number of carbonyl (C=O) groups excluding carboxylic acids is 1. The molecule has 0 radical (unpaired) electrons. The molecule has 0 N–H and O–H groups in total. The quantitative estimate of drug-likeness (QED) is 0.648. The lowest BCUT2D eigenvalue weighted by Gasteiger charge is -2.27. The van der Waals surface area contributed by atoms with Gasteiger partial charge in [0.15, 0.2) is 0 Å². The molecule has 0 aliphatic rings. The molecule has 0 rings (SSSR count). The van der Waals surface area contributed by atoms with Gasteiger partial charge in [-0.3, -0.25) is 4.79 Å². The summed E-state index contributed by atoms with van der Waals surface area (Å²) in [6.07, 6.45) is 0.762. The van der Waals surface area contributed by atoms with Crippen LogP contribution in [0.25, 0.3) is 0 Å². The van der Waals surface area contributed by atoms with Crippen molar-refractivity contribution in [2.24, 2.45) is 5.41 Å². The third-order valence-electron chi connectivity index (χ3n) is 2.64. The van der Waals surface area contributed by atoms with Gasteiger partial charge in [-0.15, -0.1) is 0 Å². The molecule has 5 nitrogen and oxygen atoms in total. The summed E-state index contributed by atoms with van der Waals surface area (Å²) in [7, 11) is 0. The Labute approximate surface area is 95.5 Å². The Morgan fingerprint density at radius 2 is 1.56 bits per heavy atom. The van der Waals surface area contributed by atoms with E-state index < -0.39 is 11.3 Å². The maximum atomic E-state index is 12.0. The number of rotatable bonds is 5. The molecule has 5 heteroatoms. The van der Waals surface area contributed by atoms with E-state index in [4.69, 9.17) is 15.8 Å². The van der Waals surface area contributed by atoms with Gasteiger partial charge >= 0.3 is 0 Å². The van der Waals surface area contributed by atoms with E-state index in [2.05, 4.69) is 0 Å². The van der Waals surface area contributed by atoms with Crippen molar-refractivity contribution in [3.63, 3.8) is 0 Å². The average Bonchev–Trinajstić information content (AvgIpc) is 2.31. The smallest absolute Gasteiger partial charge is 0.244 e. The summed E-state index contributed by atoms with van der Waals surface area (Å²) < 4.78 is 0. The Bertz CT molecular complexity index is 349. The van der Waals surface area contributed by atoms with Crippen LogP contribution in [0.4, 0.5) is 0 Å². The molecule has 0 bridgehead atoms. The summed E-state index contributed by atoms with van der Waals surface area (Å²) in [4.78, 5) is 13.2. The Morgan fingerprint density at radius 3 is 1.81 bits per heavy atom. The maximum absolute atomic E-state index is 12.0. The highest BCUT2D eigenvalue weighted by atomic mass is 16.2. The van der Waals surface area contributed by atoms with Gasteiger partial charge in [0.25, 0.3) is 0 Å². The van der Waals surface area contributed by atoms with Gasteiger partial charge in [0.2, 0.25) is 5.91 Å². The first kappa shape index (κ1) is 13.9. The van der Waals surface area contributed by atoms with E-state index in [1.165, 1.54) is 0 Å². The van der Waals surface area contributed by atoms with Crippen LogP contribution in [0.1, 0.15) is 26.7 Å². The van der Waals surface area contributed by atoms with Crippen molar-refractivity contribution in [2.45, 2.75) is 26.7 Å². The average molecular weight is 218 g/mol. The molecule has 0 spiro atoms. The lowest BCUT2D eigenvalue weighted by atomic mass is 9.82. The van der Waals surface area contributed by atoms with E-state index in [9.17, 15) is 4.79 Å². The first-order valence-electron chi connectivity index (χ1n) is 5.06. The lowest BCUT2D eigenvalue weighted by Crippen LogP contribution is -2.43. The zero-order chi connectivity index (χ0) is 12.6. The molecule has 0 saturated heterocycles. The van der Waals surface area contributed by atoms with Crippen molar-refractivity contribution in [3.8, 4) is 18.2 Å². The van der Waals surface area contributed by atoms with Crippen LogP contribution < -0.4 is 0 Å². The maximum Gasteiger partial charge on any atom is 0.244 e. The Kier molecular flexibility index (Phi) is 5.60. The predicted molar refractivity (Wildman–Crippen MR) is 56.4 cm³/mol. The molecule has 0 aliphatic carbocycles. The fraction of sp³-hybridized carbons (Fsp3) is 0.636. The van der Waals surface area contributed by atoms with Gasteiger partial charge in [-0.1, -0.05) is 13.8 Å². The van der Waals surface area contributed by atoms with E-state index in [1.54, 1.807) is 13.8 Å². The fourth-order valence-electron chi connectivity index (χ4n) is 1.43. The van der Waals surface area contributed by atoms with E-state index >= 15 is 0 Å². The van der Waals surface area contributed by atoms with Crippen molar-refractivity contribution in [2.75, 3.05) is 13.1 Å². The number of nitriles is 3. The van der Waals surface area contributed by atoms with Crippen molar-refractivity contribution in [1.82, 2.24) is 4.90 Å². The molecule has 0 aliphatic heterocycles. The molecule has 0 fully saturated rings. The molecule has 0 aromatic rings. The molecular formula is C11H14N4O. The van der Waals surface area contributed by atoms with Crippen molar-refractivity contribution in [3.05, 3.63) is 0 Å².